The summed E-state index contributed by atoms with van der Waals surface area (Å²) in [4.78, 5) is 3.48. The van der Waals surface area contributed by atoms with Crippen LogP contribution in [0.25, 0.3) is 11.3 Å². The molecular formula is C13H11F4N2O2S. The molecule has 0 N–H and O–H groups in total. The molecule has 0 atom stereocenters. The highest BCUT2D eigenvalue weighted by molar-refractivity contribution is 7.92. The Morgan fingerprint density at radius 2 is 1.77 bits per heavy atom. The Hall–Kier alpha value is -1.90. The maximum Gasteiger partial charge on any atom is 0.449 e. The molecule has 0 saturated carbocycles. The number of aryl methyl sites for hydroxylation is 1. The molecule has 2 rings (SSSR count). The molecule has 0 spiro atoms. The molecule has 0 aliphatic rings. The van der Waals surface area contributed by atoms with Gasteiger partial charge >= 0.3 is 6.18 Å². The van der Waals surface area contributed by atoms with Crippen LogP contribution in [-0.4, -0.2) is 23.7 Å². The minimum absolute atomic E-state index is 0.0196. The molecule has 0 amide bonds. The number of halogens is 4. The smallest absolute Gasteiger partial charge is 0.326 e. The molecule has 0 aliphatic heterocycles. The van der Waals surface area contributed by atoms with E-state index in [-0.39, 0.29) is 5.69 Å². The first-order valence-electron chi connectivity index (χ1n) is 6.02. The monoisotopic (exact) mass is 335 g/mol. The number of alkyl halides is 3. The van der Waals surface area contributed by atoms with Gasteiger partial charge in [-0.1, -0.05) is 0 Å². The Morgan fingerprint density at radius 1 is 1.18 bits per heavy atom. The van der Waals surface area contributed by atoms with E-state index in [0.717, 1.165) is 18.3 Å². The molecule has 0 saturated heterocycles. The Labute approximate surface area is 124 Å². The van der Waals surface area contributed by atoms with E-state index >= 15 is 0 Å². The van der Waals surface area contributed by atoms with Crippen molar-refractivity contribution in [3.8, 4) is 11.3 Å². The van der Waals surface area contributed by atoms with Crippen LogP contribution in [0.2, 0.25) is 0 Å². The summed E-state index contributed by atoms with van der Waals surface area (Å²) in [6.45, 7) is -0.422. The number of imidazole rings is 1. The van der Waals surface area contributed by atoms with Crippen molar-refractivity contribution < 1.29 is 26.0 Å². The lowest BCUT2D eigenvalue weighted by molar-refractivity contribution is -0.147. The molecule has 1 aromatic carbocycles. The van der Waals surface area contributed by atoms with Crippen LogP contribution in [0.1, 0.15) is 5.82 Å². The van der Waals surface area contributed by atoms with E-state index in [0.29, 0.717) is 10.1 Å². The van der Waals surface area contributed by atoms with Crippen molar-refractivity contribution in [2.45, 2.75) is 12.7 Å². The molecule has 119 valence electrons. The summed E-state index contributed by atoms with van der Waals surface area (Å²) in [5.74, 6) is -2.28. The summed E-state index contributed by atoms with van der Waals surface area (Å²) >= 11 is 0. The van der Waals surface area contributed by atoms with E-state index in [4.69, 9.17) is 0 Å². The Balaban J connectivity index is 2.41. The van der Waals surface area contributed by atoms with Gasteiger partial charge in [0.05, 0.1) is 17.7 Å². The number of sulfone groups is 1. The standard InChI is InChI=1S/C13H11F4N2O2S/c1-22(20,21)7-6-19-8-11(18-12(19)13(15,16)17)9-2-4-10(14)5-3-9/h2-5,8H,1,6-7H2. The normalized spacial score (nSPS) is 12.6. The van der Waals surface area contributed by atoms with Crippen LogP contribution in [0.5, 0.6) is 0 Å². The van der Waals surface area contributed by atoms with Gasteiger partial charge in [-0.3, -0.25) is 0 Å². The van der Waals surface area contributed by atoms with Crippen LogP contribution in [0.3, 0.4) is 0 Å². The van der Waals surface area contributed by atoms with E-state index in [1.54, 1.807) is 0 Å². The predicted octanol–water partition coefficient (Wildman–Crippen LogP) is 2.91. The third-order valence-electron chi connectivity index (χ3n) is 2.81. The van der Waals surface area contributed by atoms with Gasteiger partial charge in [0.2, 0.25) is 5.82 Å². The average molecular weight is 335 g/mol. The number of rotatable bonds is 4. The Morgan fingerprint density at radius 3 is 2.27 bits per heavy atom. The van der Waals surface area contributed by atoms with Gasteiger partial charge in [-0.05, 0) is 24.3 Å². The lowest BCUT2D eigenvalue weighted by Gasteiger charge is -2.09. The van der Waals surface area contributed by atoms with Gasteiger partial charge in [-0.25, -0.2) is 17.8 Å². The summed E-state index contributed by atoms with van der Waals surface area (Å²) < 4.78 is 74.4. The zero-order valence-corrected chi connectivity index (χ0v) is 12.0. The second-order valence-electron chi connectivity index (χ2n) is 4.60. The molecule has 4 nitrogen and oxygen atoms in total. The van der Waals surface area contributed by atoms with Gasteiger partial charge in [0.25, 0.3) is 0 Å². The molecule has 1 aromatic heterocycles. The fourth-order valence-corrected chi connectivity index (χ4v) is 2.28. The zero-order chi connectivity index (χ0) is 16.5. The minimum atomic E-state index is -4.73. The fraction of sp³-hybridized carbons (Fsp3) is 0.231. The Bertz CT molecular complexity index is 764. The minimum Gasteiger partial charge on any atom is -0.326 e. The Kier molecular flexibility index (Phi) is 4.28. The molecule has 9 heteroatoms. The van der Waals surface area contributed by atoms with Gasteiger partial charge < -0.3 is 4.57 Å². The number of benzene rings is 1. The van der Waals surface area contributed by atoms with Gasteiger partial charge in [0.1, 0.15) is 5.82 Å². The van der Waals surface area contributed by atoms with Crippen molar-refractivity contribution in [2.75, 3.05) is 5.75 Å². The summed E-state index contributed by atoms with van der Waals surface area (Å²) in [6.07, 6.45) is -0.781. The average Bonchev–Trinajstić information content (AvgIpc) is 2.80. The summed E-state index contributed by atoms with van der Waals surface area (Å²) in [7, 11) is -3.66. The molecule has 0 fully saturated rings. The second kappa shape index (κ2) is 5.71. The first kappa shape index (κ1) is 16.5. The molecule has 1 heterocycles. The van der Waals surface area contributed by atoms with Crippen molar-refractivity contribution in [1.82, 2.24) is 9.55 Å². The molecule has 0 bridgehead atoms. The summed E-state index contributed by atoms with van der Waals surface area (Å²) in [5.41, 5.74) is 0.275. The fourth-order valence-electron chi connectivity index (χ4n) is 1.81. The highest BCUT2D eigenvalue weighted by Gasteiger charge is 2.37. The molecule has 0 unspecified atom stereocenters. The second-order valence-corrected chi connectivity index (χ2v) is 6.49. The number of hydrogen-bond acceptors (Lipinski definition) is 3. The zero-order valence-electron chi connectivity index (χ0n) is 11.1. The van der Waals surface area contributed by atoms with Crippen LogP contribution in [0.4, 0.5) is 17.6 Å². The summed E-state index contributed by atoms with van der Waals surface area (Å²) in [6, 6.07) is 4.78. The van der Waals surface area contributed by atoms with Crippen LogP contribution in [0.15, 0.2) is 30.5 Å². The first-order chi connectivity index (χ1) is 10.1. The SMILES string of the molecule is [CH2]S(=O)(=O)CCn1cc(-c2ccc(F)cc2)nc1C(F)(F)F. The lowest BCUT2D eigenvalue weighted by Crippen LogP contribution is -2.18. The number of hydrogen-bond donors (Lipinski definition) is 0. The quantitative estimate of drug-likeness (QED) is 0.807. The van der Waals surface area contributed by atoms with Gasteiger partial charge in [0.15, 0.2) is 9.84 Å². The molecule has 2 aromatic rings. The van der Waals surface area contributed by atoms with E-state index < -0.39 is 40.0 Å². The first-order valence-corrected chi connectivity index (χ1v) is 7.84. The van der Waals surface area contributed by atoms with Gasteiger partial charge in [-0.15, -0.1) is 0 Å². The van der Waals surface area contributed by atoms with Crippen LogP contribution < -0.4 is 0 Å². The third kappa shape index (κ3) is 4.06. The van der Waals surface area contributed by atoms with Crippen molar-refractivity contribution in [3.05, 3.63) is 48.4 Å². The van der Waals surface area contributed by atoms with Gasteiger partial charge in [-0.2, -0.15) is 13.2 Å². The third-order valence-corrected chi connectivity index (χ3v) is 3.62. The van der Waals surface area contributed by atoms with E-state index in [2.05, 4.69) is 11.2 Å². The van der Waals surface area contributed by atoms with Crippen molar-refractivity contribution in [2.24, 2.45) is 0 Å². The maximum absolute atomic E-state index is 13.0. The van der Waals surface area contributed by atoms with Crippen LogP contribution >= 0.6 is 0 Å². The van der Waals surface area contributed by atoms with Crippen LogP contribution in [-0.2, 0) is 22.6 Å². The number of aromatic nitrogens is 2. The van der Waals surface area contributed by atoms with Crippen molar-refractivity contribution in [1.29, 1.82) is 0 Å². The molecule has 0 aliphatic carbocycles. The van der Waals surface area contributed by atoms with E-state index in [1.165, 1.54) is 12.1 Å². The van der Waals surface area contributed by atoms with Crippen molar-refractivity contribution in [3.63, 3.8) is 0 Å². The number of nitrogens with zero attached hydrogens (tertiary/aromatic N) is 2. The largest absolute Gasteiger partial charge is 0.449 e. The highest BCUT2D eigenvalue weighted by Crippen LogP contribution is 2.31. The van der Waals surface area contributed by atoms with Crippen LogP contribution in [0, 0.1) is 12.1 Å². The lowest BCUT2D eigenvalue weighted by atomic mass is 10.2. The maximum atomic E-state index is 13.0. The molecule has 22 heavy (non-hydrogen) atoms. The summed E-state index contributed by atoms with van der Waals surface area (Å²) in [5, 5.41) is 0. The van der Waals surface area contributed by atoms with E-state index in [1.807, 2.05) is 0 Å². The van der Waals surface area contributed by atoms with E-state index in [9.17, 15) is 26.0 Å². The topological polar surface area (TPSA) is 52.0 Å². The molecular weight excluding hydrogens is 324 g/mol. The highest BCUT2D eigenvalue weighted by atomic mass is 32.2. The van der Waals surface area contributed by atoms with Gasteiger partial charge in [0, 0.05) is 18.3 Å². The predicted molar refractivity (Wildman–Crippen MR) is 71.8 cm³/mol. The van der Waals surface area contributed by atoms with Crippen molar-refractivity contribution >= 4 is 9.84 Å². The molecule has 1 radical (unpaired) electrons.